The molecule has 81 heavy (non-hydrogen) atoms. The Balaban J connectivity index is 0.000000141. The molecule has 4 N–H and O–H groups in total. The first-order chi connectivity index (χ1) is 39.3. The maximum Gasteiger partial charge on any atom is 3.00 e. The van der Waals surface area contributed by atoms with Crippen LogP contribution in [-0.2, 0) is 17.1 Å². The van der Waals surface area contributed by atoms with Crippen LogP contribution in [0, 0.1) is 0 Å². The summed E-state index contributed by atoms with van der Waals surface area (Å²) in [5.41, 5.74) is 0. The summed E-state index contributed by atoms with van der Waals surface area (Å²) in [4.78, 5) is 0. The molecule has 12 aromatic rings. The van der Waals surface area contributed by atoms with Gasteiger partial charge in [0.15, 0.2) is 0 Å². The summed E-state index contributed by atoms with van der Waals surface area (Å²) in [5.74, 6) is 0. The van der Waals surface area contributed by atoms with E-state index >= 15 is 0 Å². The molecule has 1 radical (unpaired) electrons. The molecule has 0 amide bonds. The fourth-order valence-corrected chi connectivity index (χ4v) is 20.3. The van der Waals surface area contributed by atoms with E-state index in [9.17, 15) is 18.3 Å². The van der Waals surface area contributed by atoms with Crippen LogP contribution in [0.4, 0.5) is 0 Å². The fourth-order valence-electron chi connectivity index (χ4n) is 9.51. The second-order valence-electron chi connectivity index (χ2n) is 18.6. The van der Waals surface area contributed by atoms with Gasteiger partial charge in [0.05, 0.1) is 63.7 Å². The monoisotopic (exact) mass is 1170 g/mol. The molecule has 0 aliphatic rings. The van der Waals surface area contributed by atoms with E-state index in [-0.39, 0.29) is 17.1 Å². The number of hydrogen-bond acceptors (Lipinski definition) is 0. The van der Waals surface area contributed by atoms with Crippen molar-refractivity contribution in [3.05, 3.63) is 364 Å². The Morgan fingerprint density at radius 3 is 0.247 bits per heavy atom. The molecule has 0 saturated heterocycles. The Hall–Kier alpha value is -7.92. The first-order valence-corrected chi connectivity index (χ1v) is 33.4. The van der Waals surface area contributed by atoms with Crippen LogP contribution < -0.4 is 63.7 Å². The summed E-state index contributed by atoms with van der Waals surface area (Å²) >= 11 is 0. The zero-order chi connectivity index (χ0) is 55.4. The van der Waals surface area contributed by atoms with Crippen LogP contribution in [0.25, 0.3) is 0 Å². The Bertz CT molecular complexity index is 3010. The van der Waals surface area contributed by atoms with Crippen LogP contribution in [0.1, 0.15) is 0 Å². The van der Waals surface area contributed by atoms with Crippen LogP contribution >= 0.6 is 28.6 Å². The van der Waals surface area contributed by atoms with Crippen molar-refractivity contribution in [3.8, 4) is 0 Å². The summed E-state index contributed by atoms with van der Waals surface area (Å²) < 4.78 is 46.1. The Morgan fingerprint density at radius 2 is 0.185 bits per heavy atom. The molecular weight excluding hydrogens is 1110 g/mol. The molecule has 0 atom stereocenters. The van der Waals surface area contributed by atoms with Gasteiger partial charge in [-0.1, -0.05) is 218 Å². The molecule has 0 fully saturated rings. The molecule has 0 heterocycles. The van der Waals surface area contributed by atoms with Crippen LogP contribution in [-0.4, -0.2) is 18.3 Å². The molecule has 0 unspecified atom stereocenters. The summed E-state index contributed by atoms with van der Waals surface area (Å²) in [5, 5.41) is 11.8. The minimum Gasteiger partial charge on any atom is -0.307 e. The van der Waals surface area contributed by atoms with Gasteiger partial charge in [0.2, 0.25) is 0 Å². The SMILES string of the molecule is [Fe+3].[OH+]=P(c1ccccc1)(c1ccccc1)c1ccccc1.[OH+]=P(c1ccccc1)(c1ccccc1)c1ccccc1.[OH+]=P(c1ccccc1)(c1ccccc1)c1ccccc1.[OH+]=P(c1ccccc1)(c1ccccc1)c1ccccc1. The maximum atomic E-state index is 11.5. The minimum atomic E-state index is -2.53. The quantitative estimate of drug-likeness (QED) is 0.0663. The summed E-state index contributed by atoms with van der Waals surface area (Å²) in [7, 11) is -10.1. The van der Waals surface area contributed by atoms with E-state index in [4.69, 9.17) is 0 Å². The Kier molecular flexibility index (Phi) is 21.2. The molecule has 0 aliphatic heterocycles. The summed E-state index contributed by atoms with van der Waals surface area (Å²) in [6.07, 6.45) is 0. The minimum absolute atomic E-state index is 0. The van der Waals surface area contributed by atoms with Crippen LogP contribution in [0.15, 0.2) is 364 Å². The topological polar surface area (TPSA) is 85.6 Å². The van der Waals surface area contributed by atoms with Gasteiger partial charge in [0, 0.05) is 0 Å². The van der Waals surface area contributed by atoms with Crippen molar-refractivity contribution < 1.29 is 35.3 Å². The number of rotatable bonds is 12. The predicted molar refractivity (Wildman–Crippen MR) is 348 cm³/mol. The van der Waals surface area contributed by atoms with E-state index in [1.165, 1.54) is 0 Å². The average Bonchev–Trinajstić information content (AvgIpc) is 3.63. The normalized spacial score (nSPS) is 11.1. The number of benzene rings is 12. The standard InChI is InChI=1S/4C18H15OP.Fe/c4*19-20(16-10-4-1-5-11-16,17-12-6-2-7-13-17)18-14-8-3-9-15-18;/h4*1-15H;/q;;;;+3/p+4. The summed E-state index contributed by atoms with van der Waals surface area (Å²) in [6, 6.07) is 119. The zero-order valence-electron chi connectivity index (χ0n) is 44.6. The van der Waals surface area contributed by atoms with E-state index in [1.807, 2.05) is 364 Å². The van der Waals surface area contributed by atoms with Crippen LogP contribution in [0.5, 0.6) is 0 Å². The van der Waals surface area contributed by atoms with Gasteiger partial charge in [-0.25, -0.2) is 0 Å². The predicted octanol–water partition coefficient (Wildman–Crippen LogP) is 13.1. The van der Waals surface area contributed by atoms with Crippen molar-refractivity contribution in [1.82, 2.24) is 0 Å². The van der Waals surface area contributed by atoms with Crippen molar-refractivity contribution in [2.24, 2.45) is 0 Å². The molecular formula is C72H64FeO4P4+7. The first kappa shape index (κ1) is 59.2. The Labute approximate surface area is 488 Å². The van der Waals surface area contributed by atoms with E-state index in [1.54, 1.807) is 0 Å². The largest absolute Gasteiger partial charge is 3.00 e. The van der Waals surface area contributed by atoms with E-state index < -0.39 is 28.6 Å². The van der Waals surface area contributed by atoms with E-state index in [2.05, 4.69) is 0 Å². The molecule has 0 bridgehead atoms. The zero-order valence-corrected chi connectivity index (χ0v) is 49.3. The summed E-state index contributed by atoms with van der Waals surface area (Å²) in [6.45, 7) is 0. The van der Waals surface area contributed by atoms with Crippen molar-refractivity contribution in [3.63, 3.8) is 0 Å². The van der Waals surface area contributed by atoms with Gasteiger partial charge >= 0.3 is 45.6 Å². The third kappa shape index (κ3) is 13.8. The second kappa shape index (κ2) is 29.0. The third-order valence-corrected chi connectivity index (χ3v) is 26.1. The molecule has 12 rings (SSSR count). The molecule has 4 nitrogen and oxygen atoms in total. The van der Waals surface area contributed by atoms with E-state index in [0.717, 1.165) is 63.7 Å². The van der Waals surface area contributed by atoms with Crippen molar-refractivity contribution in [2.45, 2.75) is 0 Å². The smallest absolute Gasteiger partial charge is 0.307 e. The van der Waals surface area contributed by atoms with Crippen molar-refractivity contribution >= 4 is 92.2 Å². The van der Waals surface area contributed by atoms with Gasteiger partial charge in [-0.05, 0) is 146 Å². The molecule has 0 spiro atoms. The number of hydrogen-bond donors (Lipinski definition) is 0. The molecule has 397 valence electrons. The van der Waals surface area contributed by atoms with Gasteiger partial charge in [0.25, 0.3) is 0 Å². The van der Waals surface area contributed by atoms with Gasteiger partial charge in [0.1, 0.15) is 0 Å². The van der Waals surface area contributed by atoms with Gasteiger partial charge in [-0.3, -0.25) is 0 Å². The average molecular weight is 1170 g/mol. The molecule has 12 aromatic carbocycles. The maximum absolute atomic E-state index is 11.5. The van der Waals surface area contributed by atoms with E-state index in [0.29, 0.717) is 0 Å². The second-order valence-corrected chi connectivity index (χ2v) is 29.8. The first-order valence-electron chi connectivity index (χ1n) is 26.4. The van der Waals surface area contributed by atoms with Crippen LogP contribution in [0.3, 0.4) is 0 Å². The van der Waals surface area contributed by atoms with Crippen molar-refractivity contribution in [2.75, 3.05) is 0 Å². The fraction of sp³-hybridized carbons (Fsp3) is 0. The third-order valence-electron chi connectivity index (χ3n) is 13.6. The van der Waals surface area contributed by atoms with Crippen molar-refractivity contribution in [1.29, 1.82) is 0 Å². The van der Waals surface area contributed by atoms with Gasteiger partial charge < -0.3 is 18.3 Å². The van der Waals surface area contributed by atoms with Gasteiger partial charge in [-0.2, -0.15) is 0 Å². The van der Waals surface area contributed by atoms with Gasteiger partial charge in [-0.15, -0.1) is 0 Å². The van der Waals surface area contributed by atoms with Crippen LogP contribution in [0.2, 0.25) is 0 Å². The molecule has 0 aromatic heterocycles. The molecule has 0 aliphatic carbocycles. The molecule has 9 heteroatoms. The Morgan fingerprint density at radius 1 is 0.123 bits per heavy atom. The molecule has 0 saturated carbocycles.